The number of halogens is 1. The minimum absolute atomic E-state index is 0.0370. The summed E-state index contributed by atoms with van der Waals surface area (Å²) in [5, 5.41) is 17.7. The van der Waals surface area contributed by atoms with Gasteiger partial charge in [-0.1, -0.05) is 17.3 Å². The average Bonchev–Trinajstić information content (AvgIpc) is 2.93. The van der Waals surface area contributed by atoms with Crippen LogP contribution in [0.1, 0.15) is 34.2 Å². The summed E-state index contributed by atoms with van der Waals surface area (Å²) in [6.45, 7) is 5.00. The number of aryl methyl sites for hydroxylation is 2. The summed E-state index contributed by atoms with van der Waals surface area (Å²) in [5.41, 5.74) is 1.04. The lowest BCUT2D eigenvalue weighted by Crippen LogP contribution is -2.38. The van der Waals surface area contributed by atoms with E-state index in [1.165, 1.54) is 24.3 Å². The third-order valence-corrected chi connectivity index (χ3v) is 4.05. The quantitative estimate of drug-likeness (QED) is 0.760. The fourth-order valence-corrected chi connectivity index (χ4v) is 2.66. The Balaban J connectivity index is 1.83. The summed E-state index contributed by atoms with van der Waals surface area (Å²) >= 11 is 0. The molecule has 0 fully saturated rings. The minimum atomic E-state index is -1.34. The van der Waals surface area contributed by atoms with Crippen LogP contribution >= 0.6 is 0 Å². The molecule has 7 heteroatoms. The minimum Gasteiger partial charge on any atom is -0.384 e. The Morgan fingerprint density at radius 2 is 2.00 bits per heavy atom. The van der Waals surface area contributed by atoms with E-state index in [2.05, 4.69) is 15.5 Å². The van der Waals surface area contributed by atoms with Crippen LogP contribution in [0, 0.1) is 19.7 Å². The van der Waals surface area contributed by atoms with Crippen molar-refractivity contribution in [1.82, 2.24) is 15.5 Å². The number of amides is 1. The van der Waals surface area contributed by atoms with E-state index in [4.69, 9.17) is 4.52 Å². The van der Waals surface area contributed by atoms with Crippen molar-refractivity contribution in [2.75, 3.05) is 6.54 Å². The molecule has 0 aliphatic heterocycles. The van der Waals surface area contributed by atoms with Gasteiger partial charge in [-0.2, -0.15) is 0 Å². The summed E-state index contributed by atoms with van der Waals surface area (Å²) in [5.74, 6) is -0.759. The molecule has 0 aliphatic carbocycles. The first kappa shape index (κ1) is 17.0. The van der Waals surface area contributed by atoms with E-state index < -0.39 is 5.60 Å². The number of fused-ring (bicyclic) bond motifs is 1. The number of benzene rings is 1. The number of carbonyl (C=O) groups is 1. The number of aliphatic hydroxyl groups is 1. The van der Waals surface area contributed by atoms with Crippen LogP contribution in [0.5, 0.6) is 0 Å². The maximum atomic E-state index is 13.0. The highest BCUT2D eigenvalue weighted by Gasteiger charge is 2.25. The Labute approximate surface area is 143 Å². The van der Waals surface area contributed by atoms with Gasteiger partial charge >= 0.3 is 0 Å². The second-order valence-corrected chi connectivity index (χ2v) is 6.22. The number of nitrogens with one attached hydrogen (secondary N) is 1. The lowest BCUT2D eigenvalue weighted by molar-refractivity contribution is 0.0526. The van der Waals surface area contributed by atoms with Crippen molar-refractivity contribution >= 4 is 17.0 Å². The molecular weight excluding hydrogens is 325 g/mol. The van der Waals surface area contributed by atoms with Crippen molar-refractivity contribution in [1.29, 1.82) is 0 Å². The van der Waals surface area contributed by atoms with Crippen LogP contribution in [0.2, 0.25) is 0 Å². The zero-order valence-electron chi connectivity index (χ0n) is 14.1. The van der Waals surface area contributed by atoms with Gasteiger partial charge in [-0.05, 0) is 44.5 Å². The molecule has 0 saturated heterocycles. The summed E-state index contributed by atoms with van der Waals surface area (Å²) in [6.07, 6.45) is 0. The number of hydrogen-bond acceptors (Lipinski definition) is 5. The molecule has 130 valence electrons. The highest BCUT2D eigenvalue weighted by molar-refractivity contribution is 6.06. The summed E-state index contributed by atoms with van der Waals surface area (Å²) in [7, 11) is 0. The van der Waals surface area contributed by atoms with E-state index in [-0.39, 0.29) is 18.3 Å². The van der Waals surface area contributed by atoms with Crippen LogP contribution in [-0.4, -0.2) is 27.7 Å². The maximum Gasteiger partial charge on any atom is 0.258 e. The summed E-state index contributed by atoms with van der Waals surface area (Å²) in [4.78, 5) is 16.8. The van der Waals surface area contributed by atoms with Crippen molar-refractivity contribution in [3.8, 4) is 0 Å². The molecule has 3 rings (SSSR count). The van der Waals surface area contributed by atoms with Gasteiger partial charge in [-0.15, -0.1) is 0 Å². The number of rotatable bonds is 4. The Kier molecular flexibility index (Phi) is 4.26. The van der Waals surface area contributed by atoms with Gasteiger partial charge in [-0.25, -0.2) is 9.37 Å². The number of hydrogen-bond donors (Lipinski definition) is 2. The molecule has 6 nitrogen and oxygen atoms in total. The van der Waals surface area contributed by atoms with Crippen LogP contribution in [0.25, 0.3) is 11.1 Å². The number of nitrogens with zero attached hydrogens (tertiary/aromatic N) is 2. The van der Waals surface area contributed by atoms with Crippen molar-refractivity contribution < 1.29 is 18.8 Å². The molecular formula is C18H18FN3O3. The number of pyridine rings is 1. The average molecular weight is 343 g/mol. The number of carbonyl (C=O) groups excluding carboxylic acids is 1. The lowest BCUT2D eigenvalue weighted by Gasteiger charge is -2.24. The Bertz CT molecular complexity index is 933. The summed E-state index contributed by atoms with van der Waals surface area (Å²) < 4.78 is 18.2. The van der Waals surface area contributed by atoms with E-state index in [9.17, 15) is 14.3 Å². The van der Waals surface area contributed by atoms with Gasteiger partial charge in [0.15, 0.2) is 0 Å². The van der Waals surface area contributed by atoms with Crippen LogP contribution < -0.4 is 5.32 Å². The Morgan fingerprint density at radius 1 is 1.32 bits per heavy atom. The standard InChI is InChI=1S/C18H18FN3O3/c1-10-8-14(15-11(2)22-25-17(15)21-10)16(23)20-9-18(3,24)12-4-6-13(19)7-5-12/h4-8,24H,9H2,1-3H3,(H,20,23). The molecule has 2 aromatic heterocycles. The Morgan fingerprint density at radius 3 is 2.68 bits per heavy atom. The third-order valence-electron chi connectivity index (χ3n) is 4.05. The van der Waals surface area contributed by atoms with Gasteiger partial charge in [-0.3, -0.25) is 4.79 Å². The molecule has 2 N–H and O–H groups in total. The van der Waals surface area contributed by atoms with Gasteiger partial charge in [0.1, 0.15) is 11.4 Å². The zero-order valence-corrected chi connectivity index (χ0v) is 14.1. The van der Waals surface area contributed by atoms with E-state index in [0.717, 1.165) is 0 Å². The molecule has 25 heavy (non-hydrogen) atoms. The molecule has 0 radical (unpaired) electrons. The van der Waals surface area contributed by atoms with E-state index in [1.807, 2.05) is 0 Å². The molecule has 0 aliphatic rings. The fraction of sp³-hybridized carbons (Fsp3) is 0.278. The highest BCUT2D eigenvalue weighted by Crippen LogP contribution is 2.23. The summed E-state index contributed by atoms with van der Waals surface area (Å²) in [6, 6.07) is 7.15. The van der Waals surface area contributed by atoms with Gasteiger partial charge in [0.05, 0.1) is 23.2 Å². The van der Waals surface area contributed by atoms with Crippen molar-refractivity contribution in [2.24, 2.45) is 0 Å². The van der Waals surface area contributed by atoms with Crippen LogP contribution in [0.4, 0.5) is 4.39 Å². The molecule has 0 bridgehead atoms. The molecule has 3 aromatic rings. The Hall–Kier alpha value is -2.80. The van der Waals surface area contributed by atoms with E-state index in [1.54, 1.807) is 26.8 Å². The zero-order chi connectivity index (χ0) is 18.2. The molecule has 1 unspecified atom stereocenters. The smallest absolute Gasteiger partial charge is 0.258 e. The van der Waals surface area contributed by atoms with Gasteiger partial charge in [0.25, 0.3) is 11.6 Å². The van der Waals surface area contributed by atoms with Crippen LogP contribution in [0.15, 0.2) is 34.9 Å². The van der Waals surface area contributed by atoms with Crippen molar-refractivity contribution in [3.63, 3.8) is 0 Å². The first-order valence-electron chi connectivity index (χ1n) is 7.78. The van der Waals surface area contributed by atoms with Crippen LogP contribution in [-0.2, 0) is 5.60 Å². The molecule has 2 heterocycles. The molecule has 1 aromatic carbocycles. The van der Waals surface area contributed by atoms with Crippen molar-refractivity contribution in [3.05, 3.63) is 58.7 Å². The third kappa shape index (κ3) is 3.36. The van der Waals surface area contributed by atoms with Gasteiger partial charge in [0, 0.05) is 5.69 Å². The van der Waals surface area contributed by atoms with E-state index >= 15 is 0 Å². The second-order valence-electron chi connectivity index (χ2n) is 6.22. The predicted octanol–water partition coefficient (Wildman–Crippen LogP) is 2.62. The number of aromatic nitrogens is 2. The molecule has 0 saturated carbocycles. The second kappa shape index (κ2) is 6.25. The largest absolute Gasteiger partial charge is 0.384 e. The highest BCUT2D eigenvalue weighted by atomic mass is 19.1. The van der Waals surface area contributed by atoms with Crippen molar-refractivity contribution in [2.45, 2.75) is 26.4 Å². The van der Waals surface area contributed by atoms with Crippen LogP contribution in [0.3, 0.4) is 0 Å². The topological polar surface area (TPSA) is 88.2 Å². The molecule has 1 atom stereocenters. The predicted molar refractivity (Wildman–Crippen MR) is 89.6 cm³/mol. The maximum absolute atomic E-state index is 13.0. The molecule has 1 amide bonds. The van der Waals surface area contributed by atoms with Gasteiger partial charge < -0.3 is 14.9 Å². The lowest BCUT2D eigenvalue weighted by atomic mass is 9.96. The first-order chi connectivity index (χ1) is 11.8. The SMILES string of the molecule is Cc1cc(C(=O)NCC(C)(O)c2ccc(F)cc2)c2c(C)noc2n1. The fourth-order valence-electron chi connectivity index (χ4n) is 2.66. The monoisotopic (exact) mass is 343 g/mol. The van der Waals surface area contributed by atoms with Gasteiger partial charge in [0.2, 0.25) is 0 Å². The first-order valence-corrected chi connectivity index (χ1v) is 7.78. The molecule has 0 spiro atoms. The van der Waals surface area contributed by atoms with E-state index in [0.29, 0.717) is 33.6 Å². The normalized spacial score (nSPS) is 13.6.